The zero-order valence-corrected chi connectivity index (χ0v) is 13.3. The maximum Gasteiger partial charge on any atom is 0.227 e. The highest BCUT2D eigenvalue weighted by Crippen LogP contribution is 2.39. The fraction of sp³-hybridized carbons (Fsp3) is 0.588. The fourth-order valence-corrected chi connectivity index (χ4v) is 3.97. The lowest BCUT2D eigenvalue weighted by molar-refractivity contribution is -0.142. The second-order valence-corrected chi connectivity index (χ2v) is 6.96. The first-order valence-electron chi connectivity index (χ1n) is 7.92. The molecule has 22 heavy (non-hydrogen) atoms. The summed E-state index contributed by atoms with van der Waals surface area (Å²) in [6.45, 7) is 1.21. The maximum atomic E-state index is 13.1. The highest BCUT2D eigenvalue weighted by atomic mass is 35.5. The van der Waals surface area contributed by atoms with E-state index in [-0.39, 0.29) is 18.2 Å². The molecule has 0 aromatic heterocycles. The molecule has 3 rings (SSSR count). The van der Waals surface area contributed by atoms with Crippen LogP contribution in [0.4, 0.5) is 4.39 Å². The van der Waals surface area contributed by atoms with Crippen molar-refractivity contribution in [2.75, 3.05) is 13.1 Å². The Bertz CT molecular complexity index is 580. The van der Waals surface area contributed by atoms with E-state index in [0.717, 1.165) is 25.7 Å². The molecule has 0 spiro atoms. The molecule has 2 fully saturated rings. The summed E-state index contributed by atoms with van der Waals surface area (Å²) in [5.41, 5.74) is 0.0697. The largest absolute Gasteiger partial charge is 0.389 e. The van der Waals surface area contributed by atoms with Crippen LogP contribution in [0.2, 0.25) is 5.02 Å². The summed E-state index contributed by atoms with van der Waals surface area (Å²) >= 11 is 5.99. The lowest BCUT2D eigenvalue weighted by atomic mass is 9.71. The number of hydrogen-bond donors (Lipinski definition) is 1. The molecule has 0 radical (unpaired) electrons. The van der Waals surface area contributed by atoms with Crippen LogP contribution < -0.4 is 0 Å². The van der Waals surface area contributed by atoms with Crippen molar-refractivity contribution in [1.29, 1.82) is 0 Å². The number of carbonyl (C=O) groups excluding carboxylic acids is 1. The number of likely N-dealkylation sites (tertiary alicyclic amines) is 1. The van der Waals surface area contributed by atoms with Crippen molar-refractivity contribution in [3.05, 3.63) is 34.6 Å². The fourth-order valence-electron chi connectivity index (χ4n) is 3.74. The number of hydrogen-bond acceptors (Lipinski definition) is 2. The zero-order chi connectivity index (χ0) is 15.7. The Kier molecular flexibility index (Phi) is 4.42. The van der Waals surface area contributed by atoms with E-state index in [9.17, 15) is 14.3 Å². The van der Waals surface area contributed by atoms with Gasteiger partial charge in [-0.25, -0.2) is 4.39 Å². The predicted molar refractivity (Wildman–Crippen MR) is 83.2 cm³/mol. The number of carbonyl (C=O) groups is 1. The van der Waals surface area contributed by atoms with Gasteiger partial charge in [-0.1, -0.05) is 30.5 Å². The first-order chi connectivity index (χ1) is 10.5. The summed E-state index contributed by atoms with van der Waals surface area (Å²) in [4.78, 5) is 14.3. The highest BCUT2D eigenvalue weighted by molar-refractivity contribution is 6.31. The smallest absolute Gasteiger partial charge is 0.227 e. The van der Waals surface area contributed by atoms with E-state index in [1.54, 1.807) is 6.07 Å². The standard InChI is InChI=1S/C17H21ClFNO2/c18-15-10-14(19)5-4-12(15)9-16(21)20-8-7-17(22)6-2-1-3-13(17)11-20/h4-5,10,13,22H,1-3,6-9,11H2/t13-,17-/m1/s1. The molecule has 1 saturated carbocycles. The van der Waals surface area contributed by atoms with Gasteiger partial charge in [0.15, 0.2) is 0 Å². The molecule has 1 heterocycles. The van der Waals surface area contributed by atoms with Gasteiger partial charge < -0.3 is 10.0 Å². The molecular weight excluding hydrogens is 305 g/mol. The molecule has 1 N–H and O–H groups in total. The van der Waals surface area contributed by atoms with Gasteiger partial charge in [0, 0.05) is 24.0 Å². The number of amides is 1. The van der Waals surface area contributed by atoms with E-state index >= 15 is 0 Å². The predicted octanol–water partition coefficient (Wildman–Crippen LogP) is 3.18. The van der Waals surface area contributed by atoms with Crippen LogP contribution >= 0.6 is 11.6 Å². The van der Waals surface area contributed by atoms with Crippen molar-refractivity contribution in [2.45, 2.75) is 44.1 Å². The molecule has 5 heteroatoms. The summed E-state index contributed by atoms with van der Waals surface area (Å²) < 4.78 is 13.1. The van der Waals surface area contributed by atoms with E-state index < -0.39 is 11.4 Å². The van der Waals surface area contributed by atoms with Crippen LogP contribution in [0.25, 0.3) is 0 Å². The molecular formula is C17H21ClFNO2. The minimum absolute atomic E-state index is 0.00105. The number of benzene rings is 1. The van der Waals surface area contributed by atoms with Gasteiger partial charge in [0.25, 0.3) is 0 Å². The topological polar surface area (TPSA) is 40.5 Å². The molecule has 1 aliphatic carbocycles. The van der Waals surface area contributed by atoms with Crippen molar-refractivity contribution in [1.82, 2.24) is 4.90 Å². The van der Waals surface area contributed by atoms with Gasteiger partial charge in [0.05, 0.1) is 12.0 Å². The van der Waals surface area contributed by atoms with Gasteiger partial charge in [-0.2, -0.15) is 0 Å². The molecule has 0 bridgehead atoms. The second-order valence-electron chi connectivity index (χ2n) is 6.55. The maximum absolute atomic E-state index is 13.1. The number of piperidine rings is 1. The summed E-state index contributed by atoms with van der Waals surface area (Å²) in [5, 5.41) is 10.9. The lowest BCUT2D eigenvalue weighted by Crippen LogP contribution is -2.54. The molecule has 0 unspecified atom stereocenters. The number of fused-ring (bicyclic) bond motifs is 1. The van der Waals surface area contributed by atoms with Crippen LogP contribution in [0.1, 0.15) is 37.7 Å². The molecule has 1 aromatic carbocycles. The van der Waals surface area contributed by atoms with Gasteiger partial charge in [-0.05, 0) is 37.0 Å². The Morgan fingerprint density at radius 3 is 3.00 bits per heavy atom. The van der Waals surface area contributed by atoms with Gasteiger partial charge in [-0.3, -0.25) is 4.79 Å². The van der Waals surface area contributed by atoms with Crippen LogP contribution in [0.15, 0.2) is 18.2 Å². The van der Waals surface area contributed by atoms with E-state index in [1.807, 2.05) is 4.90 Å². The molecule has 3 nitrogen and oxygen atoms in total. The Balaban J connectivity index is 1.66. The summed E-state index contributed by atoms with van der Waals surface area (Å²) in [7, 11) is 0. The third kappa shape index (κ3) is 3.13. The quantitative estimate of drug-likeness (QED) is 0.907. The molecule has 1 aromatic rings. The van der Waals surface area contributed by atoms with Crippen LogP contribution in [0, 0.1) is 11.7 Å². The molecule has 120 valence electrons. The van der Waals surface area contributed by atoms with Gasteiger partial charge in [0.2, 0.25) is 5.91 Å². The summed E-state index contributed by atoms with van der Waals surface area (Å²) in [6, 6.07) is 4.13. The summed E-state index contributed by atoms with van der Waals surface area (Å²) in [6.07, 6.45) is 4.87. The van der Waals surface area contributed by atoms with Crippen molar-refractivity contribution >= 4 is 17.5 Å². The minimum atomic E-state index is -0.581. The third-order valence-corrected chi connectivity index (χ3v) is 5.49. The SMILES string of the molecule is O=C(Cc1ccc(F)cc1Cl)N1CC[C@]2(O)CCCC[C@@H]2C1. The Morgan fingerprint density at radius 1 is 1.41 bits per heavy atom. The second kappa shape index (κ2) is 6.17. The molecule has 1 saturated heterocycles. The lowest BCUT2D eigenvalue weighted by Gasteiger charge is -2.47. The van der Waals surface area contributed by atoms with E-state index in [4.69, 9.17) is 11.6 Å². The van der Waals surface area contributed by atoms with Crippen molar-refractivity contribution in [2.24, 2.45) is 5.92 Å². The van der Waals surface area contributed by atoms with E-state index in [1.165, 1.54) is 12.1 Å². The van der Waals surface area contributed by atoms with Crippen molar-refractivity contribution in [3.8, 4) is 0 Å². The first kappa shape index (κ1) is 15.8. The average Bonchev–Trinajstić information content (AvgIpc) is 2.49. The Hall–Kier alpha value is -1.13. The van der Waals surface area contributed by atoms with E-state index in [0.29, 0.717) is 30.1 Å². The van der Waals surface area contributed by atoms with Crippen LogP contribution in [-0.2, 0) is 11.2 Å². The van der Waals surface area contributed by atoms with Gasteiger partial charge >= 0.3 is 0 Å². The molecule has 2 atom stereocenters. The molecule has 2 aliphatic rings. The Labute approximate surface area is 135 Å². The monoisotopic (exact) mass is 325 g/mol. The Morgan fingerprint density at radius 2 is 2.23 bits per heavy atom. The number of aliphatic hydroxyl groups is 1. The van der Waals surface area contributed by atoms with Gasteiger partial charge in [-0.15, -0.1) is 0 Å². The number of nitrogens with zero attached hydrogens (tertiary/aromatic N) is 1. The number of halogens is 2. The normalized spacial score (nSPS) is 28.3. The first-order valence-corrected chi connectivity index (χ1v) is 8.30. The number of rotatable bonds is 2. The van der Waals surface area contributed by atoms with Crippen molar-refractivity contribution in [3.63, 3.8) is 0 Å². The molecule has 1 amide bonds. The highest BCUT2D eigenvalue weighted by Gasteiger charge is 2.43. The minimum Gasteiger partial charge on any atom is -0.389 e. The summed E-state index contributed by atoms with van der Waals surface area (Å²) in [5.74, 6) is -0.213. The average molecular weight is 326 g/mol. The van der Waals surface area contributed by atoms with Crippen LogP contribution in [0.3, 0.4) is 0 Å². The zero-order valence-electron chi connectivity index (χ0n) is 12.5. The van der Waals surface area contributed by atoms with Crippen molar-refractivity contribution < 1.29 is 14.3 Å². The third-order valence-electron chi connectivity index (χ3n) is 5.14. The van der Waals surface area contributed by atoms with Gasteiger partial charge in [0.1, 0.15) is 5.82 Å². The van der Waals surface area contributed by atoms with Crippen LogP contribution in [0.5, 0.6) is 0 Å². The van der Waals surface area contributed by atoms with E-state index in [2.05, 4.69) is 0 Å². The van der Waals surface area contributed by atoms with Crippen LogP contribution in [-0.4, -0.2) is 34.6 Å². The molecule has 1 aliphatic heterocycles.